The van der Waals surface area contributed by atoms with Crippen LogP contribution in [0.1, 0.15) is 77.3 Å². The minimum absolute atomic E-state index is 0.0191. The summed E-state index contributed by atoms with van der Waals surface area (Å²) in [5.74, 6) is -0.372. The fraction of sp³-hybridized carbons (Fsp3) is 0.420. The third-order valence-corrected chi connectivity index (χ3v) is 11.5. The number of hydrogen-bond donors (Lipinski definition) is 4. The molecule has 1 atom stereocenters. The summed E-state index contributed by atoms with van der Waals surface area (Å²) in [6.45, 7) is 12.4. The Bertz CT molecular complexity index is 2300. The van der Waals surface area contributed by atoms with Crippen LogP contribution in [0.15, 0.2) is 97.2 Å². The number of benzene rings is 4. The van der Waals surface area contributed by atoms with E-state index in [1.807, 2.05) is 47.3 Å². The zero-order chi connectivity index (χ0) is 45.4. The van der Waals surface area contributed by atoms with Crippen molar-refractivity contribution in [2.45, 2.75) is 52.2 Å². The number of nitrogens with one attached hydrogen (secondary N) is 4. The van der Waals surface area contributed by atoms with E-state index >= 15 is 0 Å². The zero-order valence-corrected chi connectivity index (χ0v) is 37.6. The van der Waals surface area contributed by atoms with Gasteiger partial charge in [0.15, 0.2) is 0 Å². The standard InChI is InChI=1S/C50H61N7O8/c1-50(2,3)47-42-14-8-9-37(43(42)31-54-47)32-57-33-45(55-56-57)35-15-17-36(18-16-35)48(59)52-21-20-51-46(58)19-23-61-25-27-63-29-30-64-28-26-62-24-22-53-49(60)65-34-44-40-12-6-4-10-38(40)39-11-5-7-13-41(39)44/h4-18,33,44,47,54H,19-32,34H2,1-3H3,(H,51,58)(H,52,59)(H,53,60). The number of rotatable bonds is 24. The second kappa shape index (κ2) is 23.3. The van der Waals surface area contributed by atoms with Crippen molar-refractivity contribution in [3.05, 3.63) is 131 Å². The van der Waals surface area contributed by atoms with Crippen molar-refractivity contribution in [1.82, 2.24) is 36.3 Å². The highest BCUT2D eigenvalue weighted by atomic mass is 16.6. The molecule has 2 aliphatic rings. The van der Waals surface area contributed by atoms with Gasteiger partial charge in [-0.15, -0.1) is 5.10 Å². The number of nitrogens with zero attached hydrogens (tertiary/aromatic N) is 3. The van der Waals surface area contributed by atoms with E-state index in [4.69, 9.17) is 23.7 Å². The fourth-order valence-corrected chi connectivity index (χ4v) is 8.22. The van der Waals surface area contributed by atoms with E-state index in [-0.39, 0.29) is 42.8 Å². The molecular formula is C50H61N7O8. The van der Waals surface area contributed by atoms with Crippen molar-refractivity contribution in [1.29, 1.82) is 0 Å². The molecule has 0 bridgehead atoms. The van der Waals surface area contributed by atoms with Crippen molar-refractivity contribution >= 4 is 17.9 Å². The first kappa shape index (κ1) is 47.0. The normalized spacial score (nSPS) is 14.1. The van der Waals surface area contributed by atoms with Crippen molar-refractivity contribution in [2.75, 3.05) is 79.1 Å². The maximum atomic E-state index is 12.7. The number of alkyl carbamates (subject to hydrolysis) is 1. The van der Waals surface area contributed by atoms with E-state index in [1.54, 1.807) is 12.1 Å². The highest BCUT2D eigenvalue weighted by Crippen LogP contribution is 2.44. The first-order chi connectivity index (χ1) is 31.7. The quantitative estimate of drug-likeness (QED) is 0.0533. The molecular weight excluding hydrogens is 827 g/mol. The SMILES string of the molecule is CC(C)(C)C1NCc2c(Cn3cc(-c4ccc(C(=O)NCCNC(=O)CCOCCOCCOCCOCCNC(=O)OCC5c6ccccc6-c6ccccc65)cc4)nn3)cccc21. The Labute approximate surface area is 380 Å². The number of carbonyl (C=O) groups is 3. The molecule has 7 rings (SSSR count). The van der Waals surface area contributed by atoms with E-state index < -0.39 is 6.09 Å². The Hall–Kier alpha value is -5.97. The number of aromatic nitrogens is 3. The monoisotopic (exact) mass is 887 g/mol. The molecule has 5 aromatic rings. The first-order valence-corrected chi connectivity index (χ1v) is 22.4. The smallest absolute Gasteiger partial charge is 0.407 e. The summed E-state index contributed by atoms with van der Waals surface area (Å²) in [6.07, 6.45) is 1.66. The largest absolute Gasteiger partial charge is 0.449 e. The van der Waals surface area contributed by atoms with Gasteiger partial charge in [-0.3, -0.25) is 9.59 Å². The zero-order valence-electron chi connectivity index (χ0n) is 37.6. The second-order valence-corrected chi connectivity index (χ2v) is 17.1. The van der Waals surface area contributed by atoms with E-state index in [0.717, 1.165) is 17.8 Å². The molecule has 0 spiro atoms. The lowest BCUT2D eigenvalue weighted by Crippen LogP contribution is -2.35. The summed E-state index contributed by atoms with van der Waals surface area (Å²) in [7, 11) is 0. The molecule has 4 aromatic carbocycles. The van der Waals surface area contributed by atoms with E-state index in [2.05, 4.69) is 94.8 Å². The third kappa shape index (κ3) is 13.1. The summed E-state index contributed by atoms with van der Waals surface area (Å²) in [6, 6.07) is 30.5. The molecule has 15 heteroatoms. The lowest BCUT2D eigenvalue weighted by molar-refractivity contribution is -0.122. The van der Waals surface area contributed by atoms with Gasteiger partial charge in [0.2, 0.25) is 5.91 Å². The van der Waals surface area contributed by atoms with Crippen molar-refractivity contribution in [2.24, 2.45) is 5.41 Å². The van der Waals surface area contributed by atoms with Crippen molar-refractivity contribution in [3.63, 3.8) is 0 Å². The number of hydrogen-bond acceptors (Lipinski definition) is 11. The summed E-state index contributed by atoms with van der Waals surface area (Å²) in [5.41, 5.74) is 10.9. The van der Waals surface area contributed by atoms with Crippen LogP contribution in [-0.2, 0) is 41.6 Å². The van der Waals surface area contributed by atoms with Crippen LogP contribution in [0.5, 0.6) is 0 Å². The van der Waals surface area contributed by atoms with Gasteiger partial charge < -0.3 is 45.0 Å². The predicted molar refractivity (Wildman–Crippen MR) is 246 cm³/mol. The fourth-order valence-electron chi connectivity index (χ4n) is 8.22. The molecule has 0 radical (unpaired) electrons. The average molecular weight is 888 g/mol. The molecule has 1 aromatic heterocycles. The topological polar surface area (TPSA) is 176 Å². The molecule has 0 saturated heterocycles. The Morgan fingerprint density at radius 1 is 0.692 bits per heavy atom. The van der Waals surface area contributed by atoms with Crippen LogP contribution in [0.2, 0.25) is 0 Å². The minimum atomic E-state index is -0.470. The minimum Gasteiger partial charge on any atom is -0.449 e. The molecule has 344 valence electrons. The lowest BCUT2D eigenvalue weighted by Gasteiger charge is -2.28. The van der Waals surface area contributed by atoms with Crippen LogP contribution in [0.25, 0.3) is 22.4 Å². The highest BCUT2D eigenvalue weighted by Gasteiger charge is 2.33. The van der Waals surface area contributed by atoms with Gasteiger partial charge in [-0.2, -0.15) is 0 Å². The highest BCUT2D eigenvalue weighted by molar-refractivity contribution is 5.94. The van der Waals surface area contributed by atoms with Gasteiger partial charge in [-0.05, 0) is 56.5 Å². The lowest BCUT2D eigenvalue weighted by atomic mass is 9.82. The van der Waals surface area contributed by atoms with Crippen LogP contribution in [0.4, 0.5) is 4.79 Å². The molecule has 1 unspecified atom stereocenters. The van der Waals surface area contributed by atoms with Crippen LogP contribution in [0.3, 0.4) is 0 Å². The van der Waals surface area contributed by atoms with E-state index in [1.165, 1.54) is 38.9 Å². The molecule has 65 heavy (non-hydrogen) atoms. The maximum Gasteiger partial charge on any atom is 0.407 e. The molecule has 2 heterocycles. The van der Waals surface area contributed by atoms with E-state index in [0.29, 0.717) is 84.0 Å². The van der Waals surface area contributed by atoms with Gasteiger partial charge in [0.05, 0.1) is 65.6 Å². The van der Waals surface area contributed by atoms with Gasteiger partial charge in [0, 0.05) is 55.7 Å². The van der Waals surface area contributed by atoms with Crippen molar-refractivity contribution in [3.8, 4) is 22.4 Å². The number of fused-ring (bicyclic) bond motifs is 4. The summed E-state index contributed by atoms with van der Waals surface area (Å²) >= 11 is 0. The summed E-state index contributed by atoms with van der Waals surface area (Å²) in [4.78, 5) is 37.3. The summed E-state index contributed by atoms with van der Waals surface area (Å²) < 4.78 is 29.5. The van der Waals surface area contributed by atoms with Crippen LogP contribution in [0, 0.1) is 5.41 Å². The van der Waals surface area contributed by atoms with Crippen molar-refractivity contribution < 1.29 is 38.1 Å². The van der Waals surface area contributed by atoms with Crippen LogP contribution >= 0.6 is 0 Å². The number of amides is 3. The maximum absolute atomic E-state index is 12.7. The molecule has 4 N–H and O–H groups in total. The second-order valence-electron chi connectivity index (χ2n) is 17.1. The van der Waals surface area contributed by atoms with Gasteiger partial charge >= 0.3 is 6.09 Å². The van der Waals surface area contributed by atoms with E-state index in [9.17, 15) is 14.4 Å². The van der Waals surface area contributed by atoms with Gasteiger partial charge in [0.25, 0.3) is 5.91 Å². The number of carbonyl (C=O) groups excluding carboxylic acids is 3. The molecule has 1 aliphatic heterocycles. The van der Waals surface area contributed by atoms with Gasteiger partial charge in [-0.1, -0.05) is 105 Å². The molecule has 0 fully saturated rings. The Morgan fingerprint density at radius 3 is 1.98 bits per heavy atom. The molecule has 0 saturated carbocycles. The molecule has 15 nitrogen and oxygen atoms in total. The van der Waals surface area contributed by atoms with Gasteiger partial charge in [-0.25, -0.2) is 9.48 Å². The molecule has 3 amide bonds. The Morgan fingerprint density at radius 2 is 1.31 bits per heavy atom. The Kier molecular flexibility index (Phi) is 16.8. The number of ether oxygens (including phenoxy) is 5. The first-order valence-electron chi connectivity index (χ1n) is 22.4. The predicted octanol–water partition coefficient (Wildman–Crippen LogP) is 6.03. The third-order valence-electron chi connectivity index (χ3n) is 11.5. The van der Waals surface area contributed by atoms with Gasteiger partial charge in [0.1, 0.15) is 12.3 Å². The molecule has 1 aliphatic carbocycles. The average Bonchev–Trinajstić information content (AvgIpc) is 4.05. The van der Waals surface area contributed by atoms with Crippen LogP contribution < -0.4 is 21.3 Å². The van der Waals surface area contributed by atoms with Crippen LogP contribution in [-0.4, -0.2) is 112 Å². The summed E-state index contributed by atoms with van der Waals surface area (Å²) in [5, 5.41) is 20.8. The Balaban J connectivity index is 0.650.